The fraction of sp³-hybridized carbons (Fsp3) is 0.250. The lowest BCUT2D eigenvalue weighted by Crippen LogP contribution is -2.36. The van der Waals surface area contributed by atoms with E-state index in [2.05, 4.69) is 0 Å². The third-order valence-electron chi connectivity index (χ3n) is 1.41. The molecular formula is C8H7F3NOP. The van der Waals surface area contributed by atoms with Crippen LogP contribution < -0.4 is 5.32 Å². The van der Waals surface area contributed by atoms with Crippen molar-refractivity contribution in [3.63, 3.8) is 0 Å². The van der Waals surface area contributed by atoms with Crippen molar-refractivity contribution in [2.24, 2.45) is 0 Å². The summed E-state index contributed by atoms with van der Waals surface area (Å²) in [7, 11) is 0.813. The molecule has 0 radical (unpaired) electrons. The Bertz CT molecular complexity index is 312. The molecule has 0 saturated heterocycles. The van der Waals surface area contributed by atoms with Gasteiger partial charge in [0, 0.05) is 6.54 Å². The minimum absolute atomic E-state index is 0.0687. The fourth-order valence-electron chi connectivity index (χ4n) is 0.774. The smallest absolute Gasteiger partial charge is 0.344 e. The number of hydrogen-bond acceptors (Lipinski definition) is 1. The van der Waals surface area contributed by atoms with E-state index in [9.17, 15) is 18.0 Å². The van der Waals surface area contributed by atoms with Gasteiger partial charge in [0.2, 0.25) is 0 Å². The van der Waals surface area contributed by atoms with Gasteiger partial charge in [-0.15, -0.1) is 0 Å². The molecule has 1 heterocycles. The highest BCUT2D eigenvalue weighted by Crippen LogP contribution is 2.16. The quantitative estimate of drug-likeness (QED) is 0.816. The standard InChI is InChI=1S/C8H7F3NOP/c9-8(10,11)7(13)12-5-6-3-1-2-4-14-6/h1-4H,5H2,(H,12,13). The average molecular weight is 221 g/mol. The zero-order valence-electron chi connectivity index (χ0n) is 7.01. The molecule has 0 bridgehead atoms. The van der Waals surface area contributed by atoms with Crippen molar-refractivity contribution < 1.29 is 18.0 Å². The first-order valence-electron chi connectivity index (χ1n) is 3.75. The maximum atomic E-state index is 11.7. The highest BCUT2D eigenvalue weighted by molar-refractivity contribution is 7.29. The van der Waals surface area contributed by atoms with Gasteiger partial charge in [0.15, 0.2) is 0 Å². The minimum atomic E-state index is -4.80. The summed E-state index contributed by atoms with van der Waals surface area (Å²) in [4.78, 5) is 10.4. The number of amides is 1. The number of nitrogens with one attached hydrogen (secondary N) is 1. The van der Waals surface area contributed by atoms with Crippen LogP contribution in [-0.4, -0.2) is 12.1 Å². The molecule has 76 valence electrons. The molecule has 0 saturated carbocycles. The maximum Gasteiger partial charge on any atom is 0.471 e. The van der Waals surface area contributed by atoms with E-state index >= 15 is 0 Å². The van der Waals surface area contributed by atoms with E-state index < -0.39 is 12.1 Å². The summed E-state index contributed by atoms with van der Waals surface area (Å²) in [6.45, 7) is -0.0687. The van der Waals surface area contributed by atoms with Gasteiger partial charge < -0.3 is 5.32 Å². The van der Waals surface area contributed by atoms with Crippen LogP contribution in [0.2, 0.25) is 0 Å². The lowest BCUT2D eigenvalue weighted by atomic mass is 10.4. The van der Waals surface area contributed by atoms with Crippen molar-refractivity contribution in [1.29, 1.82) is 0 Å². The normalized spacial score (nSPS) is 11.6. The molecule has 0 fully saturated rings. The monoisotopic (exact) mass is 221 g/mol. The molecule has 0 aliphatic heterocycles. The van der Waals surface area contributed by atoms with Gasteiger partial charge in [0.05, 0.1) is 0 Å². The molecule has 1 rings (SSSR count). The Morgan fingerprint density at radius 1 is 1.43 bits per heavy atom. The molecule has 1 aromatic heterocycles. The van der Waals surface area contributed by atoms with Gasteiger partial charge in [-0.05, 0) is 11.1 Å². The summed E-state index contributed by atoms with van der Waals surface area (Å²) in [6, 6.07) is 5.18. The fourth-order valence-corrected chi connectivity index (χ4v) is 1.49. The highest BCUT2D eigenvalue weighted by Gasteiger charge is 2.38. The number of carbonyl (C=O) groups excluding carboxylic acids is 1. The van der Waals surface area contributed by atoms with Gasteiger partial charge >= 0.3 is 12.1 Å². The summed E-state index contributed by atoms with van der Waals surface area (Å²) >= 11 is 0. The summed E-state index contributed by atoms with van der Waals surface area (Å²) in [5, 5.41) is 2.53. The number of alkyl halides is 3. The van der Waals surface area contributed by atoms with Gasteiger partial charge in [-0.1, -0.05) is 26.4 Å². The van der Waals surface area contributed by atoms with Crippen LogP contribution in [0, 0.1) is 0 Å². The van der Waals surface area contributed by atoms with E-state index in [-0.39, 0.29) is 6.54 Å². The Balaban J connectivity index is 2.46. The second kappa shape index (κ2) is 4.42. The first-order chi connectivity index (χ1) is 6.50. The molecule has 0 aromatic carbocycles. The molecule has 0 unspecified atom stereocenters. The lowest BCUT2D eigenvalue weighted by molar-refractivity contribution is -0.173. The van der Waals surface area contributed by atoms with Crippen LogP contribution in [-0.2, 0) is 11.3 Å². The zero-order chi connectivity index (χ0) is 10.6. The third kappa shape index (κ3) is 3.34. The lowest BCUT2D eigenvalue weighted by Gasteiger charge is -2.06. The molecule has 0 atom stereocenters. The second-order valence-corrected chi connectivity index (χ2v) is 3.63. The average Bonchev–Trinajstić information content (AvgIpc) is 2.14. The molecule has 0 aliphatic carbocycles. The van der Waals surface area contributed by atoms with E-state index in [1.807, 2.05) is 0 Å². The first-order valence-corrected chi connectivity index (χ1v) is 4.71. The number of halogens is 3. The number of carbonyl (C=O) groups is 1. The topological polar surface area (TPSA) is 29.1 Å². The van der Waals surface area contributed by atoms with Crippen molar-refractivity contribution in [2.45, 2.75) is 12.7 Å². The molecule has 1 amide bonds. The van der Waals surface area contributed by atoms with Crippen molar-refractivity contribution >= 4 is 14.1 Å². The van der Waals surface area contributed by atoms with Crippen LogP contribution in [0.5, 0.6) is 0 Å². The summed E-state index contributed by atoms with van der Waals surface area (Å²) in [5.74, 6) is -0.113. The van der Waals surface area contributed by atoms with Gasteiger partial charge in [0.1, 0.15) is 0 Å². The predicted octanol–water partition coefficient (Wildman–Crippen LogP) is 2.45. The van der Waals surface area contributed by atoms with Gasteiger partial charge in [-0.3, -0.25) is 4.79 Å². The van der Waals surface area contributed by atoms with Gasteiger partial charge in [-0.25, -0.2) is 0 Å². The Morgan fingerprint density at radius 2 is 2.14 bits per heavy atom. The third-order valence-corrected chi connectivity index (χ3v) is 2.37. The van der Waals surface area contributed by atoms with E-state index in [1.165, 1.54) is 0 Å². The largest absolute Gasteiger partial charge is 0.471 e. The van der Waals surface area contributed by atoms with Crippen molar-refractivity contribution in [3.8, 4) is 0 Å². The minimum Gasteiger partial charge on any atom is -0.344 e. The number of hydrogen-bond donors (Lipinski definition) is 1. The molecule has 2 nitrogen and oxygen atoms in total. The van der Waals surface area contributed by atoms with E-state index in [0.29, 0.717) is 0 Å². The first kappa shape index (κ1) is 11.0. The summed E-state index contributed by atoms with van der Waals surface area (Å²) < 4.78 is 35.2. The Labute approximate surface area is 80.2 Å². The molecule has 14 heavy (non-hydrogen) atoms. The Hall–Kier alpha value is -1.09. The van der Waals surface area contributed by atoms with Crippen LogP contribution in [0.25, 0.3) is 0 Å². The zero-order valence-corrected chi connectivity index (χ0v) is 7.90. The van der Waals surface area contributed by atoms with Crippen LogP contribution in [0.15, 0.2) is 24.0 Å². The predicted molar refractivity (Wildman–Crippen MR) is 46.9 cm³/mol. The van der Waals surface area contributed by atoms with Crippen molar-refractivity contribution in [2.75, 3.05) is 0 Å². The molecule has 1 aromatic rings. The van der Waals surface area contributed by atoms with Crippen molar-refractivity contribution in [3.05, 3.63) is 29.3 Å². The van der Waals surface area contributed by atoms with Crippen LogP contribution in [0.4, 0.5) is 13.2 Å². The van der Waals surface area contributed by atoms with Gasteiger partial charge in [-0.2, -0.15) is 13.2 Å². The molecule has 0 aliphatic rings. The highest BCUT2D eigenvalue weighted by atomic mass is 31.0. The molecular weight excluding hydrogens is 214 g/mol. The molecule has 0 spiro atoms. The van der Waals surface area contributed by atoms with E-state index in [0.717, 1.165) is 13.5 Å². The van der Waals surface area contributed by atoms with Crippen LogP contribution in [0.1, 0.15) is 5.30 Å². The van der Waals surface area contributed by atoms with Crippen molar-refractivity contribution in [1.82, 2.24) is 5.32 Å². The summed E-state index contributed by atoms with van der Waals surface area (Å²) in [5.41, 5.74) is 0. The Morgan fingerprint density at radius 3 is 2.64 bits per heavy atom. The summed E-state index contributed by atoms with van der Waals surface area (Å²) in [6.07, 6.45) is -4.80. The van der Waals surface area contributed by atoms with Gasteiger partial charge in [0.25, 0.3) is 0 Å². The van der Waals surface area contributed by atoms with Crippen LogP contribution >= 0.6 is 8.19 Å². The van der Waals surface area contributed by atoms with E-state index in [4.69, 9.17) is 0 Å². The SMILES string of the molecule is O=C(NCc1ccccp1)C(F)(F)F. The number of rotatable bonds is 2. The maximum absolute atomic E-state index is 11.7. The molecule has 6 heteroatoms. The Kier molecular flexibility index (Phi) is 3.47. The van der Waals surface area contributed by atoms with Crippen LogP contribution in [0.3, 0.4) is 0 Å². The molecule has 1 N–H and O–H groups in total. The van der Waals surface area contributed by atoms with E-state index in [1.54, 1.807) is 29.3 Å². The second-order valence-electron chi connectivity index (χ2n) is 2.50.